The van der Waals surface area contributed by atoms with E-state index in [1.54, 1.807) is 13.8 Å². The lowest BCUT2D eigenvalue weighted by Crippen LogP contribution is -2.44. The minimum Gasteiger partial charge on any atom is -0.480 e. The van der Waals surface area contributed by atoms with Crippen LogP contribution in [0.25, 0.3) is 11.1 Å². The number of hydrogen-bond donors (Lipinski definition) is 2. The number of rotatable bonds is 7. The van der Waals surface area contributed by atoms with Crippen LogP contribution in [0.5, 0.6) is 0 Å². The molecular formula is C28H28N2O4. The third-order valence-electron chi connectivity index (χ3n) is 6.26. The number of nitrogens with one attached hydrogen (secondary N) is 1. The number of carboxylic acid groups (broad SMARTS) is 1. The largest absolute Gasteiger partial charge is 0.480 e. The molecule has 4 rings (SSSR count). The Morgan fingerprint density at radius 2 is 1.62 bits per heavy atom. The fourth-order valence-electron chi connectivity index (χ4n) is 4.35. The Bertz CT molecular complexity index is 1230. The zero-order valence-corrected chi connectivity index (χ0v) is 19.5. The fourth-order valence-corrected chi connectivity index (χ4v) is 4.35. The number of fused-ring (bicyclic) bond motifs is 1. The summed E-state index contributed by atoms with van der Waals surface area (Å²) >= 11 is 0. The normalized spacial score (nSPS) is 13.6. The van der Waals surface area contributed by atoms with Crippen LogP contribution in [0.4, 0.5) is 5.69 Å². The van der Waals surface area contributed by atoms with Gasteiger partial charge < -0.3 is 15.3 Å². The first-order chi connectivity index (χ1) is 16.3. The lowest BCUT2D eigenvalue weighted by atomic mass is 10.00. The summed E-state index contributed by atoms with van der Waals surface area (Å²) in [5.74, 6) is -1.61. The molecule has 6 nitrogen and oxygen atoms in total. The first kappa shape index (κ1) is 23.2. The van der Waals surface area contributed by atoms with Crippen LogP contribution in [-0.2, 0) is 17.8 Å². The monoisotopic (exact) mass is 456 g/mol. The van der Waals surface area contributed by atoms with E-state index in [0.29, 0.717) is 23.4 Å². The third kappa shape index (κ3) is 4.57. The molecule has 0 bridgehead atoms. The Morgan fingerprint density at radius 1 is 0.971 bits per heavy atom. The average molecular weight is 457 g/mol. The number of anilines is 1. The summed E-state index contributed by atoms with van der Waals surface area (Å²) in [6.45, 7) is 5.98. The van der Waals surface area contributed by atoms with E-state index < -0.39 is 12.0 Å². The molecule has 2 N–H and O–H groups in total. The molecule has 0 unspecified atom stereocenters. The second kappa shape index (κ2) is 9.51. The smallest absolute Gasteiger partial charge is 0.326 e. The Labute approximate surface area is 199 Å². The quantitative estimate of drug-likeness (QED) is 0.509. The highest BCUT2D eigenvalue weighted by molar-refractivity contribution is 6.04. The summed E-state index contributed by atoms with van der Waals surface area (Å²) in [6, 6.07) is 19.8. The van der Waals surface area contributed by atoms with Gasteiger partial charge in [0.2, 0.25) is 0 Å². The van der Waals surface area contributed by atoms with Crippen LogP contribution < -0.4 is 5.32 Å². The highest BCUT2D eigenvalue weighted by Gasteiger charge is 2.38. The van der Waals surface area contributed by atoms with E-state index in [4.69, 9.17) is 0 Å². The van der Waals surface area contributed by atoms with E-state index in [-0.39, 0.29) is 17.7 Å². The lowest BCUT2D eigenvalue weighted by molar-refractivity contribution is -0.144. The molecule has 1 aliphatic rings. The summed E-state index contributed by atoms with van der Waals surface area (Å²) in [5.41, 5.74) is 5.59. The van der Waals surface area contributed by atoms with Gasteiger partial charge >= 0.3 is 5.97 Å². The fraction of sp³-hybridized carbons (Fsp3) is 0.250. The number of carboxylic acids is 1. The van der Waals surface area contributed by atoms with Crippen LogP contribution in [-0.4, -0.2) is 33.8 Å². The predicted molar refractivity (Wildman–Crippen MR) is 132 cm³/mol. The van der Waals surface area contributed by atoms with Gasteiger partial charge in [-0.1, -0.05) is 57.2 Å². The summed E-state index contributed by atoms with van der Waals surface area (Å²) in [4.78, 5) is 38.7. The van der Waals surface area contributed by atoms with Crippen molar-refractivity contribution in [3.8, 4) is 11.1 Å². The van der Waals surface area contributed by atoms with Gasteiger partial charge in [-0.25, -0.2) is 4.79 Å². The number of hydrogen-bond acceptors (Lipinski definition) is 3. The highest BCUT2D eigenvalue weighted by atomic mass is 16.4. The maximum absolute atomic E-state index is 13.0. The first-order valence-electron chi connectivity index (χ1n) is 11.5. The maximum Gasteiger partial charge on any atom is 0.326 e. The second-order valence-corrected chi connectivity index (χ2v) is 8.91. The van der Waals surface area contributed by atoms with Gasteiger partial charge in [-0.3, -0.25) is 9.59 Å². The second-order valence-electron chi connectivity index (χ2n) is 8.91. The van der Waals surface area contributed by atoms with Gasteiger partial charge in [0.15, 0.2) is 0 Å². The Balaban J connectivity index is 1.50. The third-order valence-corrected chi connectivity index (χ3v) is 6.26. The van der Waals surface area contributed by atoms with Gasteiger partial charge in [0.05, 0.1) is 0 Å². The Morgan fingerprint density at radius 3 is 2.21 bits per heavy atom. The van der Waals surface area contributed by atoms with Crippen molar-refractivity contribution in [1.82, 2.24) is 4.90 Å². The van der Waals surface area contributed by atoms with Crippen molar-refractivity contribution in [2.24, 2.45) is 5.92 Å². The first-order valence-corrected chi connectivity index (χ1v) is 11.5. The van der Waals surface area contributed by atoms with Gasteiger partial charge in [0.1, 0.15) is 6.04 Å². The van der Waals surface area contributed by atoms with Crippen molar-refractivity contribution in [3.05, 3.63) is 89.0 Å². The predicted octanol–water partition coefficient (Wildman–Crippen LogP) is 5.23. The van der Waals surface area contributed by atoms with Crippen LogP contribution >= 0.6 is 0 Å². The Hall–Kier alpha value is -3.93. The van der Waals surface area contributed by atoms with Crippen LogP contribution in [0, 0.1) is 5.92 Å². The molecule has 3 aromatic carbocycles. The number of aliphatic carboxylic acids is 1. The summed E-state index contributed by atoms with van der Waals surface area (Å²) in [7, 11) is 0. The number of benzene rings is 3. The molecule has 2 amide bonds. The highest BCUT2D eigenvalue weighted by Crippen LogP contribution is 2.31. The van der Waals surface area contributed by atoms with Gasteiger partial charge in [0, 0.05) is 23.4 Å². The number of carbonyl (C=O) groups excluding carboxylic acids is 2. The molecule has 0 spiro atoms. The Kier molecular flexibility index (Phi) is 6.50. The van der Waals surface area contributed by atoms with Crippen LogP contribution in [0.2, 0.25) is 0 Å². The molecule has 0 aliphatic carbocycles. The molecule has 1 atom stereocenters. The summed E-state index contributed by atoms with van der Waals surface area (Å²) in [6.07, 6.45) is 0.924. The van der Waals surface area contributed by atoms with Crippen molar-refractivity contribution in [2.45, 2.75) is 39.8 Å². The van der Waals surface area contributed by atoms with Crippen molar-refractivity contribution in [3.63, 3.8) is 0 Å². The molecule has 0 aromatic heterocycles. The van der Waals surface area contributed by atoms with Crippen molar-refractivity contribution >= 4 is 23.5 Å². The molecular weight excluding hydrogens is 428 g/mol. The van der Waals surface area contributed by atoms with Crippen LogP contribution in [0.3, 0.4) is 0 Å². The molecule has 0 saturated carbocycles. The number of amides is 2. The van der Waals surface area contributed by atoms with E-state index in [9.17, 15) is 19.5 Å². The van der Waals surface area contributed by atoms with E-state index >= 15 is 0 Å². The molecule has 34 heavy (non-hydrogen) atoms. The van der Waals surface area contributed by atoms with E-state index in [2.05, 4.69) is 12.2 Å². The van der Waals surface area contributed by atoms with Crippen LogP contribution in [0.1, 0.15) is 52.6 Å². The van der Waals surface area contributed by atoms with E-state index in [0.717, 1.165) is 23.1 Å². The maximum atomic E-state index is 13.0. The van der Waals surface area contributed by atoms with Gasteiger partial charge in [-0.05, 0) is 64.9 Å². The average Bonchev–Trinajstić information content (AvgIpc) is 3.14. The van der Waals surface area contributed by atoms with Crippen LogP contribution in [0.15, 0.2) is 66.7 Å². The van der Waals surface area contributed by atoms with Crippen molar-refractivity contribution in [2.75, 3.05) is 5.32 Å². The van der Waals surface area contributed by atoms with Crippen molar-refractivity contribution < 1.29 is 19.5 Å². The molecule has 174 valence electrons. The number of nitrogens with zero attached hydrogens (tertiary/aromatic N) is 1. The van der Waals surface area contributed by atoms with Gasteiger partial charge in [-0.15, -0.1) is 0 Å². The summed E-state index contributed by atoms with van der Waals surface area (Å²) < 4.78 is 0. The molecule has 1 aliphatic heterocycles. The van der Waals surface area contributed by atoms with E-state index in [1.807, 2.05) is 66.7 Å². The number of aryl methyl sites for hydroxylation is 1. The van der Waals surface area contributed by atoms with Gasteiger partial charge in [-0.2, -0.15) is 0 Å². The van der Waals surface area contributed by atoms with E-state index in [1.165, 1.54) is 10.5 Å². The molecule has 1 heterocycles. The molecule has 0 saturated heterocycles. The topological polar surface area (TPSA) is 86.7 Å². The number of carbonyl (C=O) groups is 3. The summed E-state index contributed by atoms with van der Waals surface area (Å²) in [5, 5.41) is 12.5. The molecule has 6 heteroatoms. The SMILES string of the molecule is CCc1ccc(C(=O)Nc2ccc(-c3ccc4c(c3)C(=O)N([C@H](C(=O)O)C(C)C)C4)cc2)cc1. The zero-order chi connectivity index (χ0) is 24.4. The van der Waals surface area contributed by atoms with Crippen molar-refractivity contribution in [1.29, 1.82) is 0 Å². The molecule has 0 fully saturated rings. The standard InChI is InChI=1S/C28H28N2O4/c1-4-18-5-7-20(8-6-18)26(31)29-23-13-11-19(12-14-23)21-9-10-22-16-30(27(32)24(22)15-21)25(17(2)3)28(33)34/h5-15,17,25H,4,16H2,1-3H3,(H,29,31)(H,33,34)/t25-/m0/s1. The van der Waals surface area contributed by atoms with Gasteiger partial charge in [0.25, 0.3) is 11.8 Å². The molecule has 3 aromatic rings. The zero-order valence-electron chi connectivity index (χ0n) is 19.5. The minimum absolute atomic E-state index is 0.170. The lowest BCUT2D eigenvalue weighted by Gasteiger charge is -2.27. The minimum atomic E-state index is -0.990. The molecule has 0 radical (unpaired) electrons.